The molecule has 2 aromatic rings. The Balaban J connectivity index is 2.28. The number of hydrogen-bond acceptors (Lipinski definition) is 1. The van der Waals surface area contributed by atoms with Crippen LogP contribution in [0.5, 0.6) is 0 Å². The molecule has 0 heterocycles. The number of rotatable bonds is 4. The van der Waals surface area contributed by atoms with Crippen LogP contribution >= 0.6 is 0 Å². The minimum absolute atomic E-state index is 0.00978. The van der Waals surface area contributed by atoms with E-state index in [2.05, 4.69) is 17.4 Å². The summed E-state index contributed by atoms with van der Waals surface area (Å²) < 4.78 is 26.7. The summed E-state index contributed by atoms with van der Waals surface area (Å²) >= 11 is 0. The summed E-state index contributed by atoms with van der Waals surface area (Å²) in [6.07, 6.45) is 0.493. The van der Waals surface area contributed by atoms with Crippen LogP contribution in [0.25, 0.3) is 0 Å². The maximum absolute atomic E-state index is 13.8. The minimum Gasteiger partial charge on any atom is -0.313 e. The predicted octanol–water partition coefficient (Wildman–Crippen LogP) is 4.08. The molecule has 0 aliphatic carbocycles. The van der Waals surface area contributed by atoms with Crippen LogP contribution in [0, 0.1) is 25.5 Å². The van der Waals surface area contributed by atoms with E-state index in [1.807, 2.05) is 27.0 Å². The Labute approximate surface area is 118 Å². The second-order valence-corrected chi connectivity index (χ2v) is 5.14. The molecule has 1 N–H and O–H groups in total. The van der Waals surface area contributed by atoms with Gasteiger partial charge in [0.25, 0.3) is 0 Å². The predicted molar refractivity (Wildman–Crippen MR) is 77.8 cm³/mol. The fraction of sp³-hybridized carbons (Fsp3) is 0.294. The normalized spacial score (nSPS) is 12.4. The van der Waals surface area contributed by atoms with Crippen molar-refractivity contribution in [2.24, 2.45) is 0 Å². The van der Waals surface area contributed by atoms with Gasteiger partial charge >= 0.3 is 0 Å². The van der Waals surface area contributed by atoms with Crippen LogP contribution < -0.4 is 5.32 Å². The van der Waals surface area contributed by atoms with Gasteiger partial charge in [0.1, 0.15) is 11.6 Å². The molecule has 0 saturated heterocycles. The number of likely N-dealkylation sites (N-methyl/N-ethyl adjacent to an activating group) is 1. The van der Waals surface area contributed by atoms with Gasteiger partial charge in [-0.25, -0.2) is 8.78 Å². The molecule has 106 valence electrons. The standard InChI is InChI=1S/C17H19F2N/c1-11-4-7-15(12(2)8-11)17(20-3)9-13-5-6-14(18)10-16(13)19/h4-8,10,17,20H,9H2,1-3H3. The van der Waals surface area contributed by atoms with E-state index in [4.69, 9.17) is 0 Å². The van der Waals surface area contributed by atoms with E-state index in [1.165, 1.54) is 23.3 Å². The van der Waals surface area contributed by atoms with Gasteiger partial charge in [-0.15, -0.1) is 0 Å². The Morgan fingerprint density at radius 3 is 2.40 bits per heavy atom. The lowest BCUT2D eigenvalue weighted by atomic mass is 9.94. The highest BCUT2D eigenvalue weighted by molar-refractivity contribution is 5.34. The molecule has 20 heavy (non-hydrogen) atoms. The summed E-state index contributed by atoms with van der Waals surface area (Å²) in [4.78, 5) is 0. The molecule has 0 aromatic heterocycles. The first-order chi connectivity index (χ1) is 9.51. The Kier molecular flexibility index (Phi) is 4.50. The molecule has 1 unspecified atom stereocenters. The molecular weight excluding hydrogens is 256 g/mol. The molecule has 0 aliphatic rings. The topological polar surface area (TPSA) is 12.0 Å². The molecule has 0 saturated carbocycles. The van der Waals surface area contributed by atoms with Crippen LogP contribution in [-0.4, -0.2) is 7.05 Å². The molecule has 0 aliphatic heterocycles. The first-order valence-corrected chi connectivity index (χ1v) is 6.69. The van der Waals surface area contributed by atoms with Gasteiger partial charge in [-0.1, -0.05) is 29.8 Å². The van der Waals surface area contributed by atoms with Gasteiger partial charge < -0.3 is 5.32 Å². The quantitative estimate of drug-likeness (QED) is 0.886. The second kappa shape index (κ2) is 6.14. The number of halogens is 2. The van der Waals surface area contributed by atoms with E-state index in [1.54, 1.807) is 0 Å². The lowest BCUT2D eigenvalue weighted by Crippen LogP contribution is -2.20. The van der Waals surface area contributed by atoms with Crippen LogP contribution in [-0.2, 0) is 6.42 Å². The Morgan fingerprint density at radius 1 is 1.05 bits per heavy atom. The SMILES string of the molecule is CNC(Cc1ccc(F)cc1F)c1ccc(C)cc1C. The summed E-state index contributed by atoms with van der Waals surface area (Å²) in [5.74, 6) is -1.03. The molecule has 0 fully saturated rings. The maximum atomic E-state index is 13.8. The van der Waals surface area contributed by atoms with Crippen molar-refractivity contribution in [1.29, 1.82) is 0 Å². The van der Waals surface area contributed by atoms with Crippen molar-refractivity contribution in [2.45, 2.75) is 26.3 Å². The zero-order valence-electron chi connectivity index (χ0n) is 12.0. The van der Waals surface area contributed by atoms with Crippen molar-refractivity contribution >= 4 is 0 Å². The van der Waals surface area contributed by atoms with Crippen molar-refractivity contribution in [1.82, 2.24) is 5.32 Å². The Bertz CT molecular complexity index is 608. The molecule has 0 spiro atoms. The fourth-order valence-corrected chi connectivity index (χ4v) is 2.49. The van der Waals surface area contributed by atoms with Gasteiger partial charge in [-0.05, 0) is 50.1 Å². The number of nitrogens with one attached hydrogen (secondary N) is 1. The van der Waals surface area contributed by atoms with E-state index < -0.39 is 11.6 Å². The molecular formula is C17H19F2N. The molecule has 2 aromatic carbocycles. The lowest BCUT2D eigenvalue weighted by molar-refractivity contribution is 0.539. The molecule has 2 rings (SSSR count). The highest BCUT2D eigenvalue weighted by Crippen LogP contribution is 2.24. The Hall–Kier alpha value is -1.74. The highest BCUT2D eigenvalue weighted by atomic mass is 19.1. The van der Waals surface area contributed by atoms with E-state index in [0.29, 0.717) is 12.0 Å². The summed E-state index contributed by atoms with van der Waals surface area (Å²) in [5.41, 5.74) is 4.04. The van der Waals surface area contributed by atoms with Gasteiger partial charge in [0.15, 0.2) is 0 Å². The average molecular weight is 275 g/mol. The summed E-state index contributed by atoms with van der Waals surface area (Å²) in [6, 6.07) is 9.98. The smallest absolute Gasteiger partial charge is 0.129 e. The maximum Gasteiger partial charge on any atom is 0.129 e. The summed E-state index contributed by atoms with van der Waals surface area (Å²) in [6.45, 7) is 4.10. The summed E-state index contributed by atoms with van der Waals surface area (Å²) in [5, 5.41) is 3.21. The third-order valence-electron chi connectivity index (χ3n) is 3.59. The van der Waals surface area contributed by atoms with E-state index in [9.17, 15) is 8.78 Å². The van der Waals surface area contributed by atoms with Crippen molar-refractivity contribution in [3.63, 3.8) is 0 Å². The van der Waals surface area contributed by atoms with E-state index >= 15 is 0 Å². The van der Waals surface area contributed by atoms with Crippen LogP contribution in [0.1, 0.15) is 28.3 Å². The minimum atomic E-state index is -0.543. The van der Waals surface area contributed by atoms with Crippen LogP contribution in [0.3, 0.4) is 0 Å². The number of aryl methyl sites for hydroxylation is 2. The van der Waals surface area contributed by atoms with Gasteiger partial charge in [0, 0.05) is 12.1 Å². The third kappa shape index (κ3) is 3.23. The van der Waals surface area contributed by atoms with Gasteiger partial charge in [0.2, 0.25) is 0 Å². The average Bonchev–Trinajstić information content (AvgIpc) is 2.39. The van der Waals surface area contributed by atoms with Crippen molar-refractivity contribution in [3.05, 3.63) is 70.3 Å². The first-order valence-electron chi connectivity index (χ1n) is 6.69. The molecule has 0 amide bonds. The van der Waals surface area contributed by atoms with E-state index in [-0.39, 0.29) is 6.04 Å². The van der Waals surface area contributed by atoms with Crippen molar-refractivity contribution in [2.75, 3.05) is 7.05 Å². The van der Waals surface area contributed by atoms with Crippen molar-refractivity contribution in [3.8, 4) is 0 Å². The zero-order chi connectivity index (χ0) is 14.7. The monoisotopic (exact) mass is 275 g/mol. The van der Waals surface area contributed by atoms with Crippen molar-refractivity contribution < 1.29 is 8.78 Å². The highest BCUT2D eigenvalue weighted by Gasteiger charge is 2.15. The van der Waals surface area contributed by atoms with Crippen LogP contribution in [0.15, 0.2) is 36.4 Å². The number of hydrogen-bond donors (Lipinski definition) is 1. The van der Waals surface area contributed by atoms with Crippen LogP contribution in [0.2, 0.25) is 0 Å². The molecule has 1 atom stereocenters. The lowest BCUT2D eigenvalue weighted by Gasteiger charge is -2.20. The molecule has 3 heteroatoms. The molecule has 0 radical (unpaired) electrons. The van der Waals surface area contributed by atoms with E-state index in [0.717, 1.165) is 11.6 Å². The summed E-state index contributed by atoms with van der Waals surface area (Å²) in [7, 11) is 1.85. The molecule has 1 nitrogen and oxygen atoms in total. The fourth-order valence-electron chi connectivity index (χ4n) is 2.49. The Morgan fingerprint density at radius 2 is 1.80 bits per heavy atom. The van der Waals surface area contributed by atoms with Gasteiger partial charge in [-0.3, -0.25) is 0 Å². The first kappa shape index (κ1) is 14.7. The largest absolute Gasteiger partial charge is 0.313 e. The van der Waals surface area contributed by atoms with Gasteiger partial charge in [0.05, 0.1) is 0 Å². The third-order valence-corrected chi connectivity index (χ3v) is 3.59. The van der Waals surface area contributed by atoms with Gasteiger partial charge in [-0.2, -0.15) is 0 Å². The number of benzene rings is 2. The second-order valence-electron chi connectivity index (χ2n) is 5.14. The zero-order valence-corrected chi connectivity index (χ0v) is 12.0. The van der Waals surface area contributed by atoms with Crippen LogP contribution in [0.4, 0.5) is 8.78 Å². The molecule has 0 bridgehead atoms.